The molecular weight excluding hydrogens is 410 g/mol. The Morgan fingerprint density at radius 3 is 2.39 bits per heavy atom. The minimum atomic E-state index is -0.0815. The molecule has 1 aromatic heterocycles. The lowest BCUT2D eigenvalue weighted by atomic mass is 9.87. The van der Waals surface area contributed by atoms with Crippen molar-refractivity contribution < 1.29 is 9.53 Å². The molecule has 4 aromatic rings. The van der Waals surface area contributed by atoms with Crippen LogP contribution >= 0.6 is 0 Å². The minimum absolute atomic E-state index is 0.0545. The van der Waals surface area contributed by atoms with Gasteiger partial charge in [0.2, 0.25) is 0 Å². The van der Waals surface area contributed by atoms with Crippen LogP contribution in [0.1, 0.15) is 45.9 Å². The summed E-state index contributed by atoms with van der Waals surface area (Å²) in [7, 11) is 0. The Morgan fingerprint density at radius 2 is 1.64 bits per heavy atom. The predicted octanol–water partition coefficient (Wildman–Crippen LogP) is 6.05. The van der Waals surface area contributed by atoms with E-state index in [1.54, 1.807) is 36.7 Å². The van der Waals surface area contributed by atoms with Gasteiger partial charge in [-0.15, -0.1) is 0 Å². The molecule has 5 rings (SSSR count). The van der Waals surface area contributed by atoms with E-state index in [1.165, 1.54) is 16.7 Å². The van der Waals surface area contributed by atoms with Crippen LogP contribution < -0.4 is 10.1 Å². The average molecular weight is 436 g/mol. The van der Waals surface area contributed by atoms with Gasteiger partial charge in [0.15, 0.2) is 0 Å². The van der Waals surface area contributed by atoms with Crippen molar-refractivity contribution in [3.05, 3.63) is 107 Å². The number of amides is 1. The molecule has 33 heavy (non-hydrogen) atoms. The lowest BCUT2D eigenvalue weighted by molar-refractivity contribution is 0.0932. The van der Waals surface area contributed by atoms with Gasteiger partial charge in [0.05, 0.1) is 6.04 Å². The smallest absolute Gasteiger partial charge is 0.321 e. The fourth-order valence-corrected chi connectivity index (χ4v) is 4.19. The highest BCUT2D eigenvalue weighted by Gasteiger charge is 2.21. The predicted molar refractivity (Wildman–Crippen MR) is 128 cm³/mol. The van der Waals surface area contributed by atoms with Crippen LogP contribution in [0.5, 0.6) is 11.8 Å². The SMILES string of the molecule is Cc1ccc(-c2cnc(Oc3ccc(C(=O)N[C@H]4CCCc5ccccc54)cc3)nc2)cc1. The molecule has 0 fully saturated rings. The largest absolute Gasteiger partial charge is 0.424 e. The van der Waals surface area contributed by atoms with E-state index in [0.717, 1.165) is 30.4 Å². The van der Waals surface area contributed by atoms with Crippen molar-refractivity contribution in [3.63, 3.8) is 0 Å². The summed E-state index contributed by atoms with van der Waals surface area (Å²) >= 11 is 0. The van der Waals surface area contributed by atoms with Crippen LogP contribution in [0.25, 0.3) is 11.1 Å². The zero-order valence-electron chi connectivity index (χ0n) is 18.5. The van der Waals surface area contributed by atoms with Crippen molar-refractivity contribution in [2.45, 2.75) is 32.2 Å². The Kier molecular flexibility index (Phi) is 5.85. The fraction of sp³-hybridized carbons (Fsp3) is 0.179. The van der Waals surface area contributed by atoms with E-state index in [4.69, 9.17) is 4.74 Å². The Bertz CT molecular complexity index is 1250. The summed E-state index contributed by atoms with van der Waals surface area (Å²) in [6.07, 6.45) is 6.60. The van der Waals surface area contributed by atoms with Crippen LogP contribution in [0.15, 0.2) is 85.2 Å². The molecule has 1 atom stereocenters. The van der Waals surface area contributed by atoms with E-state index in [2.05, 4.69) is 52.5 Å². The number of benzene rings is 3. The molecule has 1 heterocycles. The topological polar surface area (TPSA) is 64.1 Å². The van der Waals surface area contributed by atoms with Gasteiger partial charge >= 0.3 is 6.01 Å². The Hall–Kier alpha value is -3.99. The van der Waals surface area contributed by atoms with Gasteiger partial charge in [0, 0.05) is 23.5 Å². The third-order valence-corrected chi connectivity index (χ3v) is 6.01. The zero-order valence-corrected chi connectivity index (χ0v) is 18.5. The van der Waals surface area contributed by atoms with Gasteiger partial charge in [-0.3, -0.25) is 4.79 Å². The Balaban J connectivity index is 1.23. The maximum Gasteiger partial charge on any atom is 0.321 e. The first-order valence-electron chi connectivity index (χ1n) is 11.2. The number of nitrogens with zero attached hydrogens (tertiary/aromatic N) is 2. The summed E-state index contributed by atoms with van der Waals surface area (Å²) in [6, 6.07) is 23.9. The van der Waals surface area contributed by atoms with E-state index in [9.17, 15) is 4.79 Å². The van der Waals surface area contributed by atoms with Crippen molar-refractivity contribution in [2.24, 2.45) is 0 Å². The second-order valence-corrected chi connectivity index (χ2v) is 8.36. The third-order valence-electron chi connectivity index (χ3n) is 6.01. The van der Waals surface area contributed by atoms with E-state index in [0.29, 0.717) is 11.3 Å². The van der Waals surface area contributed by atoms with Gasteiger partial charge in [0.25, 0.3) is 5.91 Å². The number of ether oxygens (including phenoxy) is 1. The summed E-state index contributed by atoms with van der Waals surface area (Å²) in [5, 5.41) is 3.18. The number of hydrogen-bond donors (Lipinski definition) is 1. The van der Waals surface area contributed by atoms with Crippen LogP contribution in [0.3, 0.4) is 0 Å². The van der Waals surface area contributed by atoms with Crippen molar-refractivity contribution in [3.8, 4) is 22.9 Å². The maximum atomic E-state index is 12.8. The molecule has 0 saturated carbocycles. The zero-order chi connectivity index (χ0) is 22.6. The molecule has 0 unspecified atom stereocenters. The van der Waals surface area contributed by atoms with Crippen LogP contribution in [0.2, 0.25) is 0 Å². The summed E-state index contributed by atoms with van der Waals surface area (Å²) < 4.78 is 5.77. The highest BCUT2D eigenvalue weighted by atomic mass is 16.5. The lowest BCUT2D eigenvalue weighted by Gasteiger charge is -2.26. The highest BCUT2D eigenvalue weighted by Crippen LogP contribution is 2.30. The van der Waals surface area contributed by atoms with E-state index in [-0.39, 0.29) is 18.0 Å². The van der Waals surface area contributed by atoms with Crippen LogP contribution in [-0.2, 0) is 6.42 Å². The average Bonchev–Trinajstić information content (AvgIpc) is 2.86. The van der Waals surface area contributed by atoms with Crippen LogP contribution in [-0.4, -0.2) is 15.9 Å². The van der Waals surface area contributed by atoms with Gasteiger partial charge in [-0.05, 0) is 67.1 Å². The van der Waals surface area contributed by atoms with Crippen molar-refractivity contribution in [1.29, 1.82) is 0 Å². The van der Waals surface area contributed by atoms with Gasteiger partial charge in [-0.2, -0.15) is 0 Å². The number of carbonyl (C=O) groups excluding carboxylic acids is 1. The molecule has 0 radical (unpaired) electrons. The number of aryl methyl sites for hydroxylation is 2. The lowest BCUT2D eigenvalue weighted by Crippen LogP contribution is -2.30. The molecule has 164 valence electrons. The van der Waals surface area contributed by atoms with Crippen LogP contribution in [0.4, 0.5) is 0 Å². The fourth-order valence-electron chi connectivity index (χ4n) is 4.19. The van der Waals surface area contributed by atoms with Crippen LogP contribution in [0, 0.1) is 6.92 Å². The van der Waals surface area contributed by atoms with E-state index >= 15 is 0 Å². The molecule has 5 heteroatoms. The number of aromatic nitrogens is 2. The molecule has 0 spiro atoms. The number of nitrogens with one attached hydrogen (secondary N) is 1. The van der Waals surface area contributed by atoms with Crippen molar-refractivity contribution in [1.82, 2.24) is 15.3 Å². The number of carbonyl (C=O) groups is 1. The maximum absolute atomic E-state index is 12.8. The monoisotopic (exact) mass is 435 g/mol. The molecule has 3 aromatic carbocycles. The Labute approximate surface area is 193 Å². The second-order valence-electron chi connectivity index (χ2n) is 8.36. The number of hydrogen-bond acceptors (Lipinski definition) is 4. The summed E-state index contributed by atoms with van der Waals surface area (Å²) in [5.41, 5.74) is 6.34. The second kappa shape index (κ2) is 9.25. The highest BCUT2D eigenvalue weighted by molar-refractivity contribution is 5.94. The van der Waals surface area contributed by atoms with E-state index < -0.39 is 0 Å². The van der Waals surface area contributed by atoms with Gasteiger partial charge < -0.3 is 10.1 Å². The first-order chi connectivity index (χ1) is 16.2. The molecule has 0 aliphatic heterocycles. The molecule has 0 bridgehead atoms. The van der Waals surface area contributed by atoms with Gasteiger partial charge in [-0.25, -0.2) is 9.97 Å². The van der Waals surface area contributed by atoms with Gasteiger partial charge in [-0.1, -0.05) is 54.1 Å². The van der Waals surface area contributed by atoms with Gasteiger partial charge in [0.1, 0.15) is 5.75 Å². The first kappa shape index (κ1) is 20.9. The summed E-state index contributed by atoms with van der Waals surface area (Å²) in [4.78, 5) is 21.4. The quantitative estimate of drug-likeness (QED) is 0.414. The standard InChI is InChI=1S/C28H25N3O2/c1-19-9-11-20(12-10-19)23-17-29-28(30-18-23)33-24-15-13-22(14-16-24)27(32)31-26-8-4-6-21-5-2-3-7-25(21)26/h2-3,5,7,9-18,26H,4,6,8H2,1H3,(H,31,32)/t26-/m0/s1. The van der Waals surface area contributed by atoms with Crippen molar-refractivity contribution in [2.75, 3.05) is 0 Å². The number of rotatable bonds is 5. The molecule has 5 nitrogen and oxygen atoms in total. The number of fused-ring (bicyclic) bond motifs is 1. The molecule has 1 aliphatic rings. The molecule has 1 aliphatic carbocycles. The third kappa shape index (κ3) is 4.77. The molecular formula is C28H25N3O2. The molecule has 0 saturated heterocycles. The summed E-state index contributed by atoms with van der Waals surface area (Å²) in [6.45, 7) is 2.06. The molecule has 1 amide bonds. The first-order valence-corrected chi connectivity index (χ1v) is 11.2. The normalized spacial score (nSPS) is 14.9. The van der Waals surface area contributed by atoms with E-state index in [1.807, 2.05) is 18.2 Å². The molecule has 1 N–H and O–H groups in total. The van der Waals surface area contributed by atoms with Crippen molar-refractivity contribution >= 4 is 5.91 Å². The summed E-state index contributed by atoms with van der Waals surface area (Å²) in [5.74, 6) is 0.500. The minimum Gasteiger partial charge on any atom is -0.424 e. The Morgan fingerprint density at radius 1 is 0.909 bits per heavy atom.